The van der Waals surface area contributed by atoms with E-state index in [2.05, 4.69) is 52.7 Å². The highest BCUT2D eigenvalue weighted by Gasteiger charge is 2.42. The van der Waals surface area contributed by atoms with Gasteiger partial charge < -0.3 is 80.7 Å². The Hall–Kier alpha value is -3.74. The molecule has 10 N–H and O–H groups in total. The molecular formula is C75H144N6O16. The van der Waals surface area contributed by atoms with Crippen molar-refractivity contribution in [2.75, 3.05) is 78.9 Å². The predicted molar refractivity (Wildman–Crippen MR) is 384 cm³/mol. The predicted octanol–water partition coefficient (Wildman–Crippen LogP) is 11.6. The summed E-state index contributed by atoms with van der Waals surface area (Å²) >= 11 is 0. The first-order valence-corrected chi connectivity index (χ1v) is 38.8. The van der Waals surface area contributed by atoms with Gasteiger partial charge in [-0.1, -0.05) is 201 Å². The standard InChI is InChI=1S/C75H144N6O16/c1-9-13-15-17-24-31-41-62(61(40-30-16-14-10-2)42-32-25-20-18-19-22-27-37-51-82)43-33-26-21-23-28-38-52-92-63(11-3)59-94-73(91)78-48-36-29-34-44-64(83)76-49-46-74(6,7)95-54-47-75(8,12-4)96-55-50-77-66(85)56-80-68(87)58-81-67(86)57-79-65(84)45-35-39-53-93-72-71(90)70(89)69(88)60(5)97-72/h60-63,69-72,82,88-90H,9-59H2,1-8H3,(H,76,83)(H,77,85)(H,78,91)(H,79,84)(H,80,87)(H,81,86). The number of rotatable bonds is 66. The van der Waals surface area contributed by atoms with Gasteiger partial charge in [0.25, 0.3) is 0 Å². The SMILES string of the molecule is CCCCCCCCC(CCCCCCCCOC(CC)COC(=O)NCCCCCC(=O)NCCC(C)(C)OCCC(C)(CC)OCCNC(=O)CNC(=O)CNC(=O)CNC(=O)CCCCOC1OC(C)C(O)C(O)C1O)C(CCCCCC)CCCCCCCCCCO. The van der Waals surface area contributed by atoms with Crippen LogP contribution in [-0.4, -0.2) is 183 Å². The van der Waals surface area contributed by atoms with Crippen molar-refractivity contribution in [2.45, 2.75) is 354 Å². The minimum Gasteiger partial charge on any atom is -0.447 e. The first-order chi connectivity index (χ1) is 46.7. The molecule has 1 aliphatic rings. The lowest BCUT2D eigenvalue weighted by atomic mass is 9.78. The van der Waals surface area contributed by atoms with E-state index in [0.29, 0.717) is 77.9 Å². The van der Waals surface area contributed by atoms with Gasteiger partial charge in [-0.25, -0.2) is 4.79 Å². The molecule has 0 bridgehead atoms. The minimum absolute atomic E-state index is 0.0200. The topological polar surface area (TPSA) is 311 Å². The molecule has 0 aromatic rings. The zero-order valence-corrected chi connectivity index (χ0v) is 62.4. The first-order valence-electron chi connectivity index (χ1n) is 38.8. The summed E-state index contributed by atoms with van der Waals surface area (Å²) < 4.78 is 34.8. The van der Waals surface area contributed by atoms with Crippen LogP contribution in [0.5, 0.6) is 0 Å². The van der Waals surface area contributed by atoms with E-state index in [9.17, 15) is 44.1 Å². The fourth-order valence-electron chi connectivity index (χ4n) is 12.2. The van der Waals surface area contributed by atoms with Crippen LogP contribution in [0.3, 0.4) is 0 Å². The number of amides is 6. The molecule has 97 heavy (non-hydrogen) atoms. The molecule has 0 radical (unpaired) electrons. The molecule has 1 saturated heterocycles. The van der Waals surface area contributed by atoms with E-state index >= 15 is 0 Å². The van der Waals surface area contributed by atoms with Gasteiger partial charge >= 0.3 is 6.09 Å². The van der Waals surface area contributed by atoms with Crippen LogP contribution in [0.2, 0.25) is 0 Å². The van der Waals surface area contributed by atoms with E-state index in [4.69, 9.17) is 33.5 Å². The quantitative estimate of drug-likeness (QED) is 0.0253. The average Bonchev–Trinajstić information content (AvgIpc) is 0.850. The van der Waals surface area contributed by atoms with E-state index < -0.39 is 65.7 Å². The molecule has 9 atom stereocenters. The van der Waals surface area contributed by atoms with Gasteiger partial charge in [0.1, 0.15) is 24.9 Å². The summed E-state index contributed by atoms with van der Waals surface area (Å²) in [5.74, 6) is -0.234. The molecule has 1 heterocycles. The van der Waals surface area contributed by atoms with Crippen LogP contribution in [0.4, 0.5) is 4.79 Å². The molecule has 1 rings (SSSR count). The molecule has 9 unspecified atom stereocenters. The van der Waals surface area contributed by atoms with Crippen molar-refractivity contribution in [2.24, 2.45) is 11.8 Å². The van der Waals surface area contributed by atoms with Gasteiger partial charge in [-0.3, -0.25) is 24.0 Å². The van der Waals surface area contributed by atoms with Crippen molar-refractivity contribution in [1.82, 2.24) is 31.9 Å². The second kappa shape index (κ2) is 59.9. The van der Waals surface area contributed by atoms with E-state index in [0.717, 1.165) is 43.9 Å². The molecule has 570 valence electrons. The molecule has 22 nitrogen and oxygen atoms in total. The van der Waals surface area contributed by atoms with Gasteiger partial charge in [0, 0.05) is 52.3 Å². The third-order valence-electron chi connectivity index (χ3n) is 19.1. The van der Waals surface area contributed by atoms with Crippen LogP contribution in [0, 0.1) is 11.8 Å². The maximum atomic E-state index is 12.6. The molecule has 0 aromatic heterocycles. The summed E-state index contributed by atoms with van der Waals surface area (Å²) in [5, 5.41) is 54.6. The Morgan fingerprint density at radius 1 is 0.454 bits per heavy atom. The summed E-state index contributed by atoms with van der Waals surface area (Å²) in [5.41, 5.74) is -1.00. The number of ether oxygens (including phenoxy) is 6. The maximum Gasteiger partial charge on any atom is 0.407 e. The molecular weight excluding hydrogens is 1240 g/mol. The highest BCUT2D eigenvalue weighted by atomic mass is 16.7. The van der Waals surface area contributed by atoms with Crippen molar-refractivity contribution in [3.05, 3.63) is 0 Å². The number of alkyl carbamates (subject to hydrolysis) is 1. The smallest absolute Gasteiger partial charge is 0.407 e. The van der Waals surface area contributed by atoms with Crippen molar-refractivity contribution < 1.29 is 77.6 Å². The molecule has 0 aromatic carbocycles. The van der Waals surface area contributed by atoms with Crippen molar-refractivity contribution in [3.8, 4) is 0 Å². The van der Waals surface area contributed by atoms with Gasteiger partial charge in [-0.05, 0) is 104 Å². The average molecular weight is 1390 g/mol. The van der Waals surface area contributed by atoms with Crippen molar-refractivity contribution in [1.29, 1.82) is 0 Å². The summed E-state index contributed by atoms with van der Waals surface area (Å²) in [6.45, 7) is 18.4. The highest BCUT2D eigenvalue weighted by Crippen LogP contribution is 2.34. The van der Waals surface area contributed by atoms with Gasteiger partial charge in [0.05, 0.1) is 56.3 Å². The summed E-state index contributed by atoms with van der Waals surface area (Å²) in [6.07, 6.45) is 36.9. The molecule has 0 saturated carbocycles. The van der Waals surface area contributed by atoms with Crippen LogP contribution in [0.25, 0.3) is 0 Å². The highest BCUT2D eigenvalue weighted by molar-refractivity contribution is 5.90. The molecule has 1 fully saturated rings. The van der Waals surface area contributed by atoms with Crippen LogP contribution >= 0.6 is 0 Å². The lowest BCUT2D eigenvalue weighted by Gasteiger charge is -2.38. The third kappa shape index (κ3) is 50.3. The van der Waals surface area contributed by atoms with Gasteiger partial charge in [-0.2, -0.15) is 0 Å². The van der Waals surface area contributed by atoms with E-state index in [1.807, 2.05) is 27.7 Å². The number of carbonyl (C=O) groups excluding carboxylic acids is 6. The van der Waals surface area contributed by atoms with Crippen molar-refractivity contribution >= 4 is 35.6 Å². The molecule has 6 amide bonds. The number of aliphatic hydroxyl groups excluding tert-OH is 4. The summed E-state index contributed by atoms with van der Waals surface area (Å²) in [6, 6.07) is 0. The van der Waals surface area contributed by atoms with Gasteiger partial charge in [0.15, 0.2) is 6.29 Å². The second-order valence-corrected chi connectivity index (χ2v) is 28.2. The number of aliphatic hydroxyl groups is 4. The Kier molecular flexibility index (Phi) is 56.4. The number of carbonyl (C=O) groups is 6. The van der Waals surface area contributed by atoms with Crippen LogP contribution in [0.1, 0.15) is 306 Å². The van der Waals surface area contributed by atoms with E-state index in [1.165, 1.54) is 167 Å². The Morgan fingerprint density at radius 2 is 0.918 bits per heavy atom. The zero-order chi connectivity index (χ0) is 71.6. The van der Waals surface area contributed by atoms with E-state index in [1.54, 1.807) is 6.92 Å². The van der Waals surface area contributed by atoms with E-state index in [-0.39, 0.29) is 70.3 Å². The van der Waals surface area contributed by atoms with Crippen molar-refractivity contribution in [3.63, 3.8) is 0 Å². The second-order valence-electron chi connectivity index (χ2n) is 28.2. The monoisotopic (exact) mass is 1390 g/mol. The first kappa shape index (κ1) is 91.3. The Labute approximate surface area is 587 Å². The number of hydrogen-bond donors (Lipinski definition) is 10. The fraction of sp³-hybridized carbons (Fsp3) is 0.920. The molecule has 1 aliphatic heterocycles. The Bertz CT molecular complexity index is 1980. The number of hydrogen-bond acceptors (Lipinski definition) is 16. The number of unbranched alkanes of at least 4 members (excludes halogenated alkanes) is 23. The number of nitrogens with one attached hydrogen (secondary N) is 6. The Morgan fingerprint density at radius 3 is 1.46 bits per heavy atom. The van der Waals surface area contributed by atoms with Crippen LogP contribution in [-0.2, 0) is 52.4 Å². The summed E-state index contributed by atoms with van der Waals surface area (Å²) in [7, 11) is 0. The fourth-order valence-corrected chi connectivity index (χ4v) is 12.2. The normalized spacial score (nSPS) is 18.0. The van der Waals surface area contributed by atoms with Gasteiger partial charge in [0.2, 0.25) is 29.5 Å². The molecule has 0 aliphatic carbocycles. The van der Waals surface area contributed by atoms with Crippen LogP contribution < -0.4 is 31.9 Å². The summed E-state index contributed by atoms with van der Waals surface area (Å²) in [4.78, 5) is 74.1. The maximum absolute atomic E-state index is 12.6. The lowest BCUT2D eigenvalue weighted by Crippen LogP contribution is -2.57. The lowest BCUT2D eigenvalue weighted by molar-refractivity contribution is -0.293. The largest absolute Gasteiger partial charge is 0.447 e. The third-order valence-corrected chi connectivity index (χ3v) is 19.1. The Balaban J connectivity index is 2.19. The molecule has 22 heteroatoms. The van der Waals surface area contributed by atoms with Crippen LogP contribution in [0.15, 0.2) is 0 Å². The van der Waals surface area contributed by atoms with Gasteiger partial charge in [-0.15, -0.1) is 0 Å². The zero-order valence-electron chi connectivity index (χ0n) is 62.4. The minimum atomic E-state index is -1.41. The molecule has 0 spiro atoms.